The van der Waals surface area contributed by atoms with E-state index in [1.54, 1.807) is 0 Å². The van der Waals surface area contributed by atoms with Crippen LogP contribution in [-0.4, -0.2) is 28.9 Å². The van der Waals surface area contributed by atoms with Crippen molar-refractivity contribution in [2.75, 3.05) is 6.67 Å². The molecule has 5 nitrogen and oxygen atoms in total. The molecular weight excluding hydrogens is 347 g/mol. The summed E-state index contributed by atoms with van der Waals surface area (Å²) in [5, 5.41) is 9.58. The zero-order valence-electron chi connectivity index (χ0n) is 13.6. The van der Waals surface area contributed by atoms with E-state index >= 15 is 0 Å². The average molecular weight is 363 g/mol. The predicted molar refractivity (Wildman–Crippen MR) is 87.8 cm³/mol. The maximum atomic E-state index is 14.8. The maximum absolute atomic E-state index is 14.8. The predicted octanol–water partition coefficient (Wildman–Crippen LogP) is 2.42. The van der Waals surface area contributed by atoms with E-state index in [0.717, 1.165) is 12.3 Å². The van der Waals surface area contributed by atoms with Gasteiger partial charge in [-0.1, -0.05) is 0 Å². The summed E-state index contributed by atoms with van der Waals surface area (Å²) in [5.74, 6) is -1.61. The number of alkyl halides is 1. The summed E-state index contributed by atoms with van der Waals surface area (Å²) in [6, 6.07) is 3.55. The Balaban J connectivity index is 1.92. The van der Waals surface area contributed by atoms with E-state index in [4.69, 9.17) is 10.5 Å². The number of amidine groups is 1. The molecule has 0 saturated heterocycles. The van der Waals surface area contributed by atoms with Gasteiger partial charge in [0, 0.05) is 23.2 Å². The zero-order valence-corrected chi connectivity index (χ0v) is 13.6. The number of fused-ring (bicyclic) bond motifs is 1. The number of nitrogens with zero attached hydrogens (tertiary/aromatic N) is 2. The number of aromatic nitrogens is 1. The number of nitrogens with two attached hydrogens (primary N) is 1. The highest BCUT2D eigenvalue weighted by Gasteiger charge is 2.60. The number of hydrogen-bond donors (Lipinski definition) is 2. The van der Waals surface area contributed by atoms with E-state index < -0.39 is 30.5 Å². The molecule has 0 unspecified atom stereocenters. The van der Waals surface area contributed by atoms with E-state index in [-0.39, 0.29) is 29.2 Å². The minimum Gasteiger partial charge on any atom is -0.462 e. The van der Waals surface area contributed by atoms with Gasteiger partial charge in [-0.3, -0.25) is 4.98 Å². The quantitative estimate of drug-likeness (QED) is 0.874. The molecule has 2 aliphatic rings. The van der Waals surface area contributed by atoms with Crippen molar-refractivity contribution in [2.24, 2.45) is 16.6 Å². The van der Waals surface area contributed by atoms with Gasteiger partial charge in [-0.2, -0.15) is 0 Å². The number of aliphatic hydroxyl groups excluding tert-OH is 1. The number of rotatable bonds is 4. The fourth-order valence-electron chi connectivity index (χ4n) is 3.63. The SMILES string of the molecule is NC1=N[C@](CF)(c2cc(-c3cncc(F)c3)c(CO)cc2F)[C@H]2C[C@H]2O1. The maximum Gasteiger partial charge on any atom is 0.283 e. The third kappa shape index (κ3) is 2.52. The minimum atomic E-state index is -1.49. The van der Waals surface area contributed by atoms with Gasteiger partial charge in [0.05, 0.1) is 12.8 Å². The number of hydrogen-bond acceptors (Lipinski definition) is 5. The molecular formula is C18H16F3N3O2. The Hall–Kier alpha value is -2.61. The molecule has 26 heavy (non-hydrogen) atoms. The smallest absolute Gasteiger partial charge is 0.283 e. The minimum absolute atomic E-state index is 0.00945. The van der Waals surface area contributed by atoms with E-state index in [1.165, 1.54) is 18.3 Å². The number of aliphatic hydroxyl groups is 1. The van der Waals surface area contributed by atoms with Crippen LogP contribution < -0.4 is 5.73 Å². The molecule has 0 radical (unpaired) electrons. The van der Waals surface area contributed by atoms with Gasteiger partial charge in [0.15, 0.2) is 0 Å². The van der Waals surface area contributed by atoms with Crippen LogP contribution in [0, 0.1) is 17.6 Å². The third-order valence-electron chi connectivity index (χ3n) is 4.98. The van der Waals surface area contributed by atoms with Crippen LogP contribution in [0.1, 0.15) is 17.5 Å². The van der Waals surface area contributed by atoms with Gasteiger partial charge in [-0.15, -0.1) is 0 Å². The average Bonchev–Trinajstić information content (AvgIpc) is 3.40. The first-order chi connectivity index (χ1) is 12.5. The summed E-state index contributed by atoms with van der Waals surface area (Å²) < 4.78 is 47.8. The Kier molecular flexibility index (Phi) is 3.87. The first kappa shape index (κ1) is 16.8. The fourth-order valence-corrected chi connectivity index (χ4v) is 3.63. The Bertz CT molecular complexity index is 905. The van der Waals surface area contributed by atoms with Crippen molar-refractivity contribution in [1.29, 1.82) is 0 Å². The second-order valence-electron chi connectivity index (χ2n) is 6.55. The highest BCUT2D eigenvalue weighted by Crippen LogP contribution is 2.54. The van der Waals surface area contributed by atoms with Crippen molar-refractivity contribution in [3.05, 3.63) is 53.4 Å². The van der Waals surface area contributed by atoms with Gasteiger partial charge in [-0.05, 0) is 35.7 Å². The van der Waals surface area contributed by atoms with Crippen molar-refractivity contribution in [3.8, 4) is 11.1 Å². The molecule has 4 rings (SSSR count). The molecule has 8 heteroatoms. The van der Waals surface area contributed by atoms with Crippen LogP contribution in [0.15, 0.2) is 35.6 Å². The standard InChI is InChI=1S/C18H16F3N3O2/c19-8-18(14-4-16(14)26-17(22)24-18)13-3-12(10(7-25)2-15(13)21)9-1-11(20)6-23-5-9/h1-3,5-6,14,16,25H,4,7-8H2,(H2,22,24)/t14-,16+,18+/m0/s1. The Labute approximate surface area is 147 Å². The fraction of sp³-hybridized carbons (Fsp3) is 0.333. The largest absolute Gasteiger partial charge is 0.462 e. The van der Waals surface area contributed by atoms with Gasteiger partial charge < -0.3 is 15.6 Å². The summed E-state index contributed by atoms with van der Waals surface area (Å²) in [6.45, 7) is -1.42. The number of benzene rings is 1. The third-order valence-corrected chi connectivity index (χ3v) is 4.98. The molecule has 136 valence electrons. The van der Waals surface area contributed by atoms with E-state index in [0.29, 0.717) is 17.5 Å². The lowest BCUT2D eigenvalue weighted by molar-refractivity contribution is 0.168. The van der Waals surface area contributed by atoms with Crippen LogP contribution in [-0.2, 0) is 16.9 Å². The lowest BCUT2D eigenvalue weighted by Gasteiger charge is -2.32. The summed E-state index contributed by atoms with van der Waals surface area (Å²) >= 11 is 0. The molecule has 1 aliphatic carbocycles. The highest BCUT2D eigenvalue weighted by molar-refractivity contribution is 5.75. The summed E-state index contributed by atoms with van der Waals surface area (Å²) in [6.07, 6.45) is 2.66. The molecule has 1 fully saturated rings. The summed E-state index contributed by atoms with van der Waals surface area (Å²) in [5.41, 5.74) is 5.13. The molecule has 1 aromatic carbocycles. The monoisotopic (exact) mass is 363 g/mol. The summed E-state index contributed by atoms with van der Waals surface area (Å²) in [4.78, 5) is 7.88. The van der Waals surface area contributed by atoms with Crippen LogP contribution >= 0.6 is 0 Å². The second kappa shape index (κ2) is 5.98. The molecule has 1 aliphatic heterocycles. The molecule has 1 saturated carbocycles. The Morgan fingerprint density at radius 3 is 2.77 bits per heavy atom. The topological polar surface area (TPSA) is 80.7 Å². The van der Waals surface area contributed by atoms with Crippen LogP contribution in [0.2, 0.25) is 0 Å². The van der Waals surface area contributed by atoms with Crippen LogP contribution in [0.3, 0.4) is 0 Å². The van der Waals surface area contributed by atoms with Crippen LogP contribution in [0.4, 0.5) is 13.2 Å². The second-order valence-corrected chi connectivity index (χ2v) is 6.55. The molecule has 2 aromatic rings. The lowest BCUT2D eigenvalue weighted by atomic mass is 9.83. The number of halogens is 3. The highest BCUT2D eigenvalue weighted by atomic mass is 19.1. The molecule has 2 heterocycles. The van der Waals surface area contributed by atoms with Crippen LogP contribution in [0.25, 0.3) is 11.1 Å². The summed E-state index contributed by atoms with van der Waals surface area (Å²) in [7, 11) is 0. The first-order valence-corrected chi connectivity index (χ1v) is 8.11. The molecule has 0 spiro atoms. The number of ether oxygens (including phenoxy) is 1. The molecule has 3 atom stereocenters. The van der Waals surface area contributed by atoms with Gasteiger partial charge in [-0.25, -0.2) is 18.2 Å². The normalized spacial score (nSPS) is 26.7. The van der Waals surface area contributed by atoms with Crippen LogP contribution in [0.5, 0.6) is 0 Å². The zero-order chi connectivity index (χ0) is 18.5. The molecule has 0 amide bonds. The van der Waals surface area contributed by atoms with E-state index in [2.05, 4.69) is 9.98 Å². The number of pyridine rings is 1. The van der Waals surface area contributed by atoms with Crippen molar-refractivity contribution in [1.82, 2.24) is 4.98 Å². The van der Waals surface area contributed by atoms with Gasteiger partial charge in [0.1, 0.15) is 30.0 Å². The molecule has 0 bridgehead atoms. The van der Waals surface area contributed by atoms with E-state index in [9.17, 15) is 18.3 Å². The van der Waals surface area contributed by atoms with Gasteiger partial charge >= 0.3 is 0 Å². The number of aliphatic imine (C=N–C) groups is 1. The van der Waals surface area contributed by atoms with Gasteiger partial charge in [0.25, 0.3) is 6.02 Å². The van der Waals surface area contributed by atoms with Crippen molar-refractivity contribution in [3.63, 3.8) is 0 Å². The Morgan fingerprint density at radius 2 is 2.08 bits per heavy atom. The first-order valence-electron chi connectivity index (χ1n) is 8.11. The lowest BCUT2D eigenvalue weighted by Crippen LogP contribution is -2.39. The molecule has 1 aromatic heterocycles. The molecule has 3 N–H and O–H groups in total. The van der Waals surface area contributed by atoms with E-state index in [1.807, 2.05) is 0 Å². The van der Waals surface area contributed by atoms with Gasteiger partial charge in [0.2, 0.25) is 0 Å². The van der Waals surface area contributed by atoms with Crippen molar-refractivity contribution < 1.29 is 23.0 Å². The van der Waals surface area contributed by atoms with Crippen molar-refractivity contribution >= 4 is 6.02 Å². The van der Waals surface area contributed by atoms with Crippen molar-refractivity contribution in [2.45, 2.75) is 24.7 Å². The Morgan fingerprint density at radius 1 is 1.27 bits per heavy atom.